The summed E-state index contributed by atoms with van der Waals surface area (Å²) in [7, 11) is 0. The van der Waals surface area contributed by atoms with E-state index in [9.17, 15) is 9.59 Å². The summed E-state index contributed by atoms with van der Waals surface area (Å²) in [6.45, 7) is 7.28. The Kier molecular flexibility index (Phi) is 7.45. The molecule has 0 spiro atoms. The molecule has 1 fully saturated rings. The first-order chi connectivity index (χ1) is 13.9. The molecule has 158 valence electrons. The predicted octanol–water partition coefficient (Wildman–Crippen LogP) is 4.53. The molecule has 1 aliphatic carbocycles. The first-order valence-electron chi connectivity index (χ1n) is 11.2. The molecule has 5 nitrogen and oxygen atoms in total. The van der Waals surface area contributed by atoms with Crippen LogP contribution in [0.4, 0.5) is 0 Å². The number of carbonyl (C=O) groups excluding carboxylic acids is 1. The van der Waals surface area contributed by atoms with Crippen LogP contribution >= 0.6 is 0 Å². The molecular formula is C24H35N3O2. The van der Waals surface area contributed by atoms with Crippen LogP contribution in [0.25, 0.3) is 10.9 Å². The van der Waals surface area contributed by atoms with Gasteiger partial charge in [-0.1, -0.05) is 38.8 Å². The van der Waals surface area contributed by atoms with E-state index in [2.05, 4.69) is 31.1 Å². The van der Waals surface area contributed by atoms with Crippen molar-refractivity contribution in [2.45, 2.75) is 78.3 Å². The lowest BCUT2D eigenvalue weighted by molar-refractivity contribution is -0.126. The molecular weight excluding hydrogens is 362 g/mol. The van der Waals surface area contributed by atoms with Gasteiger partial charge in [-0.25, -0.2) is 4.98 Å². The molecule has 1 unspecified atom stereocenters. The highest BCUT2D eigenvalue weighted by Crippen LogP contribution is 2.30. The Balaban J connectivity index is 1.47. The third-order valence-corrected chi connectivity index (χ3v) is 6.21. The maximum Gasteiger partial charge on any atom is 0.261 e. The van der Waals surface area contributed by atoms with Gasteiger partial charge >= 0.3 is 0 Å². The van der Waals surface area contributed by atoms with E-state index in [4.69, 9.17) is 0 Å². The van der Waals surface area contributed by atoms with Crippen molar-refractivity contribution < 1.29 is 4.79 Å². The minimum Gasteiger partial charge on any atom is -0.353 e. The van der Waals surface area contributed by atoms with Gasteiger partial charge in [0, 0.05) is 18.5 Å². The van der Waals surface area contributed by atoms with Crippen molar-refractivity contribution in [1.82, 2.24) is 14.9 Å². The number of aromatic nitrogens is 2. The van der Waals surface area contributed by atoms with Crippen molar-refractivity contribution in [3.05, 3.63) is 40.9 Å². The third kappa shape index (κ3) is 5.91. The van der Waals surface area contributed by atoms with E-state index in [1.165, 1.54) is 12.8 Å². The molecule has 1 aliphatic rings. The number of amides is 1. The van der Waals surface area contributed by atoms with Crippen LogP contribution in [0, 0.1) is 17.8 Å². The number of carbonyl (C=O) groups is 1. The molecule has 1 heterocycles. The molecule has 2 aromatic rings. The summed E-state index contributed by atoms with van der Waals surface area (Å²) >= 11 is 0. The van der Waals surface area contributed by atoms with E-state index in [0.717, 1.165) is 43.5 Å². The molecule has 1 aromatic carbocycles. The van der Waals surface area contributed by atoms with Gasteiger partial charge in [0.1, 0.15) is 0 Å². The lowest BCUT2D eigenvalue weighted by Crippen LogP contribution is -2.39. The first kappa shape index (κ1) is 21.5. The minimum atomic E-state index is 0.0330. The average Bonchev–Trinajstić information content (AvgIpc) is 2.70. The molecule has 5 heteroatoms. The van der Waals surface area contributed by atoms with Crippen molar-refractivity contribution in [3.63, 3.8) is 0 Å². The maximum atomic E-state index is 12.7. The highest BCUT2D eigenvalue weighted by molar-refractivity contribution is 5.79. The molecule has 1 amide bonds. The third-order valence-electron chi connectivity index (χ3n) is 6.21. The largest absolute Gasteiger partial charge is 0.353 e. The van der Waals surface area contributed by atoms with Gasteiger partial charge in [-0.2, -0.15) is 0 Å². The van der Waals surface area contributed by atoms with Gasteiger partial charge in [-0.15, -0.1) is 0 Å². The molecule has 1 N–H and O–H groups in total. The van der Waals surface area contributed by atoms with E-state index in [1.54, 1.807) is 10.9 Å². The molecule has 29 heavy (non-hydrogen) atoms. The Morgan fingerprint density at radius 1 is 1.14 bits per heavy atom. The number of hydrogen-bond acceptors (Lipinski definition) is 3. The van der Waals surface area contributed by atoms with Crippen LogP contribution in [-0.2, 0) is 11.3 Å². The molecule has 0 bridgehead atoms. The van der Waals surface area contributed by atoms with Crippen molar-refractivity contribution in [2.24, 2.45) is 17.8 Å². The standard InChI is InChI=1S/C24H35N3O2/c1-17(2)7-6-8-18(3)26-23(28)20-13-11-19(12-14-20)15-27-16-25-22-10-5-4-9-21(22)24(27)29/h4-5,9-10,16-20H,6-8,11-15H2,1-3H3,(H,26,28). The number of nitrogens with one attached hydrogen (secondary N) is 1. The predicted molar refractivity (Wildman–Crippen MR) is 118 cm³/mol. The average molecular weight is 398 g/mol. The van der Waals surface area contributed by atoms with E-state index in [1.807, 2.05) is 24.3 Å². The minimum absolute atomic E-state index is 0.0330. The van der Waals surface area contributed by atoms with Crippen molar-refractivity contribution >= 4 is 16.8 Å². The van der Waals surface area contributed by atoms with Crippen LogP contribution in [0.1, 0.15) is 65.7 Å². The Labute approximate surface area is 173 Å². The van der Waals surface area contributed by atoms with Gasteiger partial charge in [0.15, 0.2) is 0 Å². The lowest BCUT2D eigenvalue weighted by atomic mass is 9.81. The molecule has 1 aromatic heterocycles. The van der Waals surface area contributed by atoms with Gasteiger partial charge in [-0.3, -0.25) is 14.2 Å². The van der Waals surface area contributed by atoms with Crippen molar-refractivity contribution in [1.29, 1.82) is 0 Å². The first-order valence-corrected chi connectivity index (χ1v) is 11.2. The molecule has 0 aliphatic heterocycles. The fourth-order valence-electron chi connectivity index (χ4n) is 4.39. The molecule has 1 saturated carbocycles. The van der Waals surface area contributed by atoms with Crippen molar-refractivity contribution in [3.8, 4) is 0 Å². The fraction of sp³-hybridized carbons (Fsp3) is 0.625. The summed E-state index contributed by atoms with van der Waals surface area (Å²) in [5.41, 5.74) is 0.780. The second-order valence-electron chi connectivity index (χ2n) is 9.17. The number of fused-ring (bicyclic) bond motifs is 1. The van der Waals surface area contributed by atoms with E-state index < -0.39 is 0 Å². The van der Waals surface area contributed by atoms with Gasteiger partial charge in [0.2, 0.25) is 5.91 Å². The van der Waals surface area contributed by atoms with Gasteiger partial charge in [0.05, 0.1) is 17.2 Å². The van der Waals surface area contributed by atoms with E-state index >= 15 is 0 Å². The summed E-state index contributed by atoms with van der Waals surface area (Å²) < 4.78 is 1.74. The summed E-state index contributed by atoms with van der Waals surface area (Å²) in [4.78, 5) is 29.7. The van der Waals surface area contributed by atoms with Crippen LogP contribution in [0.2, 0.25) is 0 Å². The Morgan fingerprint density at radius 3 is 2.59 bits per heavy atom. The summed E-state index contributed by atoms with van der Waals surface area (Å²) in [5.74, 6) is 1.48. The zero-order chi connectivity index (χ0) is 20.8. The van der Waals surface area contributed by atoms with Crippen molar-refractivity contribution in [2.75, 3.05) is 0 Å². The lowest BCUT2D eigenvalue weighted by Gasteiger charge is -2.29. The second kappa shape index (κ2) is 10.0. The van der Waals surface area contributed by atoms with Crippen LogP contribution in [0.3, 0.4) is 0 Å². The zero-order valence-corrected chi connectivity index (χ0v) is 18.1. The number of nitrogens with zero attached hydrogens (tertiary/aromatic N) is 2. The quantitative estimate of drug-likeness (QED) is 0.711. The van der Waals surface area contributed by atoms with Crippen LogP contribution in [0.5, 0.6) is 0 Å². The molecule has 1 atom stereocenters. The molecule has 0 saturated heterocycles. The Hall–Kier alpha value is -2.17. The Bertz CT molecular complexity index is 866. The Morgan fingerprint density at radius 2 is 1.86 bits per heavy atom. The summed E-state index contributed by atoms with van der Waals surface area (Å²) in [6.07, 6.45) is 8.89. The number of rotatable bonds is 8. The number of benzene rings is 1. The van der Waals surface area contributed by atoms with Gasteiger partial charge in [-0.05, 0) is 63.0 Å². The highest BCUT2D eigenvalue weighted by atomic mass is 16.2. The van der Waals surface area contributed by atoms with Gasteiger partial charge < -0.3 is 5.32 Å². The summed E-state index contributed by atoms with van der Waals surface area (Å²) in [5, 5.41) is 3.89. The highest BCUT2D eigenvalue weighted by Gasteiger charge is 2.27. The topological polar surface area (TPSA) is 64.0 Å². The monoisotopic (exact) mass is 397 g/mol. The van der Waals surface area contributed by atoms with Crippen LogP contribution < -0.4 is 10.9 Å². The fourth-order valence-corrected chi connectivity index (χ4v) is 4.39. The maximum absolute atomic E-state index is 12.7. The smallest absolute Gasteiger partial charge is 0.261 e. The zero-order valence-electron chi connectivity index (χ0n) is 18.1. The van der Waals surface area contributed by atoms with E-state index in [-0.39, 0.29) is 23.4 Å². The van der Waals surface area contributed by atoms with Crippen LogP contribution in [-0.4, -0.2) is 21.5 Å². The second-order valence-corrected chi connectivity index (χ2v) is 9.17. The molecule has 0 radical (unpaired) electrons. The van der Waals surface area contributed by atoms with Crippen LogP contribution in [0.15, 0.2) is 35.4 Å². The number of para-hydroxylation sites is 1. The normalized spacial score (nSPS) is 20.7. The SMILES string of the molecule is CC(C)CCCC(C)NC(=O)C1CCC(Cn2cnc3ccccc3c2=O)CC1. The summed E-state index contributed by atoms with van der Waals surface area (Å²) in [6, 6.07) is 7.74. The van der Waals surface area contributed by atoms with E-state index in [0.29, 0.717) is 17.8 Å². The van der Waals surface area contributed by atoms with Gasteiger partial charge in [0.25, 0.3) is 5.56 Å². The molecule has 3 rings (SSSR count). The number of hydrogen-bond donors (Lipinski definition) is 1.